The smallest absolute Gasteiger partial charge is 0.345 e. The maximum atomic E-state index is 11.1. The minimum atomic E-state index is -0.914. The zero-order chi connectivity index (χ0) is 62.3. The largest absolute Gasteiger partial charge is 0.477 e. The fraction of sp³-hybridized carbons (Fsp3) is 0.0145. The maximum Gasteiger partial charge on any atom is 0.345 e. The molecular formula is C69H41BrI2N12O2S5. The molecule has 18 aromatic rings. The van der Waals surface area contributed by atoms with E-state index in [2.05, 4.69) is 263 Å². The molecule has 10 heterocycles. The molecule has 0 saturated carbocycles. The highest BCUT2D eigenvalue weighted by molar-refractivity contribution is 14.1. The Balaban J connectivity index is 0.000000100. The summed E-state index contributed by atoms with van der Waals surface area (Å²) < 4.78 is 5.39. The third-order valence-corrected chi connectivity index (χ3v) is 22.2. The number of aromatic nitrogens is 10. The van der Waals surface area contributed by atoms with Crippen LogP contribution in [0.2, 0.25) is 0 Å². The Morgan fingerprint density at radius 2 is 0.824 bits per heavy atom. The number of nitrogens with one attached hydrogen (secondary N) is 4. The normalized spacial score (nSPS) is 11.1. The van der Waals surface area contributed by atoms with Gasteiger partial charge in [-0.2, -0.15) is 25.5 Å². The number of fused-ring (bicyclic) bond motifs is 9. The van der Waals surface area contributed by atoms with Crippen LogP contribution in [-0.4, -0.2) is 61.6 Å². The molecular weight excluding hydrogens is 1520 g/mol. The van der Waals surface area contributed by atoms with Gasteiger partial charge in [0.25, 0.3) is 0 Å². The lowest BCUT2D eigenvalue weighted by Gasteiger charge is -2.01. The summed E-state index contributed by atoms with van der Waals surface area (Å²) in [7, 11) is 2.01. The van der Waals surface area contributed by atoms with Gasteiger partial charge in [-0.15, -0.1) is 56.7 Å². The van der Waals surface area contributed by atoms with Gasteiger partial charge in [0.05, 0.1) is 36.0 Å². The number of aromatic carboxylic acids is 1. The molecule has 0 aliphatic heterocycles. The first-order valence-electron chi connectivity index (χ1n) is 27.7. The molecule has 0 bridgehead atoms. The molecule has 8 aromatic carbocycles. The predicted molar refractivity (Wildman–Crippen MR) is 399 cm³/mol. The van der Waals surface area contributed by atoms with E-state index in [1.54, 1.807) is 28.7 Å². The van der Waals surface area contributed by atoms with Gasteiger partial charge in [0.2, 0.25) is 10.0 Å². The van der Waals surface area contributed by atoms with Crippen molar-refractivity contribution in [1.82, 2.24) is 50.6 Å². The van der Waals surface area contributed by atoms with Gasteiger partial charge < -0.3 is 5.11 Å². The second kappa shape index (κ2) is 25.7. The Kier molecular flexibility index (Phi) is 16.9. The van der Waals surface area contributed by atoms with Crippen LogP contribution in [0.3, 0.4) is 0 Å². The van der Waals surface area contributed by atoms with E-state index in [9.17, 15) is 4.79 Å². The van der Waals surface area contributed by atoms with Gasteiger partial charge in [0.1, 0.15) is 39.3 Å². The standard InChI is InChI=1S/C16H11IN2S.C16H9N3S.C16H10N2O2S.C15H9IN2S.C6H2BrN3S/c1-19-16-13(9-14(17)20-16)15(18-19)12-7-6-10-4-2-3-5-11(10)8-12;1-17-14-9-13-15(18-19-16(13)20-14)12-7-6-10-4-2-3-5-11(10)8-12;19-16(20)13-8-12-14(17-18-15(12)21-13)11-6-5-9-3-1-2-4-10(9)7-11;16-13-8-12-14(17-18-15(12)19-13)11-6-5-9-3-1-2-4-10(9)7-11;1-8-4-2-3-5(7)9-10-6(3)11-4/h2-9H,1H3;2-9H,(H,18,19);1-8H,(H,17,18)(H,19,20);1-8H,(H,17,18);2H,(H,9,10). The highest BCUT2D eigenvalue weighted by Crippen LogP contribution is 2.40. The molecule has 5 N–H and O–H groups in total. The van der Waals surface area contributed by atoms with E-state index in [0.717, 1.165) is 79.4 Å². The van der Waals surface area contributed by atoms with Gasteiger partial charge >= 0.3 is 5.97 Å². The molecule has 14 nitrogen and oxygen atoms in total. The highest BCUT2D eigenvalue weighted by atomic mass is 127. The number of hydrogen-bond acceptors (Lipinski definition) is 11. The fourth-order valence-electron chi connectivity index (χ4n) is 10.6. The van der Waals surface area contributed by atoms with E-state index in [1.807, 2.05) is 54.2 Å². The summed E-state index contributed by atoms with van der Waals surface area (Å²) in [5.41, 5.74) is 8.51. The summed E-state index contributed by atoms with van der Waals surface area (Å²) in [5, 5.41) is 59.2. The molecule has 0 atom stereocenters. The van der Waals surface area contributed by atoms with Crippen LogP contribution in [0, 0.1) is 18.9 Å². The van der Waals surface area contributed by atoms with Crippen LogP contribution in [0.4, 0.5) is 10.0 Å². The average Bonchev–Trinajstić information content (AvgIpc) is 1.90. The first-order chi connectivity index (χ1) is 44.4. The van der Waals surface area contributed by atoms with Gasteiger partial charge in [-0.1, -0.05) is 146 Å². The highest BCUT2D eigenvalue weighted by Gasteiger charge is 2.18. The molecule has 0 amide bonds. The second-order valence-corrected chi connectivity index (χ2v) is 30.2. The van der Waals surface area contributed by atoms with Crippen LogP contribution < -0.4 is 0 Å². The van der Waals surface area contributed by atoms with Crippen molar-refractivity contribution in [3.63, 3.8) is 0 Å². The SMILES string of the molecule is Cn1nc(-c2ccc3ccccc3c2)c2cc(I)sc21.Ic1cc2c(-c3ccc4ccccc4c3)[nH]nc2s1.O=C(O)c1cc2c(-c3ccc4ccccc4c3)[nH]nc2s1.[C-]#[N+]c1cc2c(-c3ccc4ccccc4c3)[nH]nc2s1.[C-]#[N+]c1cc2c(Br)[nH]nc2s1. The van der Waals surface area contributed by atoms with Crippen molar-refractivity contribution < 1.29 is 9.90 Å². The Morgan fingerprint density at radius 1 is 0.451 bits per heavy atom. The van der Waals surface area contributed by atoms with Gasteiger partial charge in [0.15, 0.2) is 0 Å². The number of thiophene rings is 5. The molecule has 0 fully saturated rings. The summed E-state index contributed by atoms with van der Waals surface area (Å²) in [6.45, 7) is 13.9. The summed E-state index contributed by atoms with van der Waals surface area (Å²) >= 11 is 15.5. The van der Waals surface area contributed by atoms with Crippen LogP contribution in [0.1, 0.15) is 9.67 Å². The summed E-state index contributed by atoms with van der Waals surface area (Å²) in [4.78, 5) is 23.0. The Morgan fingerprint density at radius 3 is 1.30 bits per heavy atom. The number of H-pyrrole nitrogens is 4. The van der Waals surface area contributed by atoms with E-state index in [-0.39, 0.29) is 0 Å². The lowest BCUT2D eigenvalue weighted by Crippen LogP contribution is -1.90. The third-order valence-electron chi connectivity index (χ3n) is 15.0. The number of nitrogens with zero attached hydrogens (tertiary/aromatic N) is 8. The van der Waals surface area contributed by atoms with Gasteiger partial charge in [-0.05, 0) is 159 Å². The monoisotopic (exact) mass is 1560 g/mol. The number of carbonyl (C=O) groups is 1. The van der Waals surface area contributed by atoms with Crippen LogP contribution >= 0.6 is 118 Å². The predicted octanol–water partition coefficient (Wildman–Crippen LogP) is 22.2. The zero-order valence-corrected chi connectivity index (χ0v) is 57.1. The maximum absolute atomic E-state index is 11.1. The number of aryl methyl sites for hydroxylation is 1. The summed E-state index contributed by atoms with van der Waals surface area (Å²) in [6.07, 6.45) is 0. The van der Waals surface area contributed by atoms with Crippen LogP contribution in [-0.2, 0) is 7.05 Å². The third kappa shape index (κ3) is 12.3. The van der Waals surface area contributed by atoms with Crippen molar-refractivity contribution in [3.8, 4) is 45.0 Å². The molecule has 0 radical (unpaired) electrons. The zero-order valence-electron chi connectivity index (χ0n) is 47.2. The Bertz CT molecular complexity index is 5870. The number of carboxylic acid groups (broad SMARTS) is 1. The molecule has 0 unspecified atom stereocenters. The minimum Gasteiger partial charge on any atom is -0.477 e. The topological polar surface area (TPSA) is 179 Å². The second-order valence-electron chi connectivity index (χ2n) is 20.6. The minimum absolute atomic E-state index is 0.309. The van der Waals surface area contributed by atoms with Crippen molar-refractivity contribution in [2.24, 2.45) is 7.05 Å². The van der Waals surface area contributed by atoms with Crippen molar-refractivity contribution in [3.05, 3.63) is 238 Å². The van der Waals surface area contributed by atoms with Crippen LogP contribution in [0.25, 0.3) is 149 Å². The molecule has 0 saturated heterocycles. The van der Waals surface area contributed by atoms with Crippen molar-refractivity contribution in [2.45, 2.75) is 0 Å². The number of halogens is 3. The number of rotatable bonds is 5. The quantitative estimate of drug-likeness (QED) is 0.0840. The van der Waals surface area contributed by atoms with E-state index in [4.69, 9.17) is 23.3 Å². The van der Waals surface area contributed by atoms with Crippen molar-refractivity contribution in [2.75, 3.05) is 0 Å². The van der Waals surface area contributed by atoms with Gasteiger partial charge in [-0.25, -0.2) is 14.5 Å². The molecule has 91 heavy (non-hydrogen) atoms. The fourth-order valence-corrected chi connectivity index (χ4v) is 16.9. The molecule has 0 aliphatic rings. The lowest BCUT2D eigenvalue weighted by molar-refractivity contribution is 0.0702. The number of carboxylic acids is 1. The number of hydrogen-bond donors (Lipinski definition) is 5. The molecule has 18 rings (SSSR count). The van der Waals surface area contributed by atoms with Crippen LogP contribution in [0.15, 0.2) is 205 Å². The molecule has 10 aromatic heterocycles. The van der Waals surface area contributed by atoms with Gasteiger partial charge in [-0.3, -0.25) is 25.1 Å². The van der Waals surface area contributed by atoms with Crippen LogP contribution in [0.5, 0.6) is 0 Å². The first kappa shape index (κ1) is 59.7. The molecule has 0 aliphatic carbocycles. The Hall–Kier alpha value is -8.96. The lowest BCUT2D eigenvalue weighted by atomic mass is 10.0. The van der Waals surface area contributed by atoms with E-state index in [0.29, 0.717) is 14.9 Å². The van der Waals surface area contributed by atoms with Crippen molar-refractivity contribution >= 4 is 228 Å². The van der Waals surface area contributed by atoms with E-state index in [1.165, 1.54) is 104 Å². The van der Waals surface area contributed by atoms with Gasteiger partial charge in [0, 0.05) is 56.2 Å². The van der Waals surface area contributed by atoms with E-state index >= 15 is 0 Å². The molecule has 440 valence electrons. The average molecular weight is 1560 g/mol. The Labute approximate surface area is 572 Å². The number of aromatic amines is 4. The molecule has 0 spiro atoms. The van der Waals surface area contributed by atoms with Crippen molar-refractivity contribution in [1.29, 1.82) is 0 Å². The van der Waals surface area contributed by atoms with E-state index < -0.39 is 5.97 Å². The molecule has 22 heteroatoms. The summed E-state index contributed by atoms with van der Waals surface area (Å²) in [5.74, 6) is -0.914. The number of benzene rings is 8. The summed E-state index contributed by atoms with van der Waals surface area (Å²) in [6, 6.07) is 68.7. The first-order valence-corrected chi connectivity index (χ1v) is 34.7.